The minimum atomic E-state index is -0.127. The number of hydrogen-bond acceptors (Lipinski definition) is 6. The van der Waals surface area contributed by atoms with Crippen LogP contribution in [0.3, 0.4) is 0 Å². The molecule has 6 nitrogen and oxygen atoms in total. The lowest BCUT2D eigenvalue weighted by molar-refractivity contribution is 0.0984. The van der Waals surface area contributed by atoms with Gasteiger partial charge in [0.1, 0.15) is 11.5 Å². The fourth-order valence-electron chi connectivity index (χ4n) is 3.00. The van der Waals surface area contributed by atoms with E-state index in [0.29, 0.717) is 28.7 Å². The first-order valence-corrected chi connectivity index (χ1v) is 10.2. The number of carbonyl (C=O) groups excluding carboxylic acids is 1. The summed E-state index contributed by atoms with van der Waals surface area (Å²) < 4.78 is 11.7. The number of benzene rings is 2. The number of aromatic nitrogens is 1. The van der Waals surface area contributed by atoms with Gasteiger partial charge in [-0.2, -0.15) is 0 Å². The molecule has 0 N–H and O–H groups in total. The van der Waals surface area contributed by atoms with Gasteiger partial charge in [0.2, 0.25) is 0 Å². The van der Waals surface area contributed by atoms with Crippen molar-refractivity contribution in [3.8, 4) is 11.5 Å². The van der Waals surface area contributed by atoms with E-state index < -0.39 is 0 Å². The summed E-state index contributed by atoms with van der Waals surface area (Å²) in [6.07, 6.45) is 0. The van der Waals surface area contributed by atoms with Gasteiger partial charge in [0.25, 0.3) is 5.91 Å². The Labute approximate surface area is 187 Å². The Morgan fingerprint density at radius 3 is 2.23 bits per heavy atom. The third kappa shape index (κ3) is 5.03. The van der Waals surface area contributed by atoms with Crippen LogP contribution in [0.1, 0.15) is 21.5 Å². The number of methoxy groups -OCH3 is 2. The van der Waals surface area contributed by atoms with E-state index in [-0.39, 0.29) is 18.3 Å². The lowest BCUT2D eigenvalue weighted by atomic mass is 10.1. The Balaban J connectivity index is 0.00000320. The number of ether oxygens (including phenoxy) is 2. The van der Waals surface area contributed by atoms with E-state index in [1.54, 1.807) is 37.3 Å². The number of nitrogens with zero attached hydrogens (tertiary/aromatic N) is 3. The van der Waals surface area contributed by atoms with Crippen molar-refractivity contribution < 1.29 is 14.3 Å². The number of fused-ring (bicyclic) bond motifs is 1. The van der Waals surface area contributed by atoms with Crippen LogP contribution in [0.4, 0.5) is 5.13 Å². The monoisotopic (exact) mass is 449 g/mol. The second kappa shape index (κ2) is 10.1. The predicted molar refractivity (Wildman–Crippen MR) is 126 cm³/mol. The van der Waals surface area contributed by atoms with Gasteiger partial charge in [-0.3, -0.25) is 9.69 Å². The van der Waals surface area contributed by atoms with Crippen LogP contribution in [0.15, 0.2) is 30.3 Å². The summed E-state index contributed by atoms with van der Waals surface area (Å²) in [6.45, 7) is 5.40. The zero-order chi connectivity index (χ0) is 21.1. The van der Waals surface area contributed by atoms with Gasteiger partial charge in [-0.1, -0.05) is 17.4 Å². The van der Waals surface area contributed by atoms with E-state index in [2.05, 4.69) is 30.9 Å². The summed E-state index contributed by atoms with van der Waals surface area (Å²) in [5.41, 5.74) is 3.80. The standard InChI is InChI=1S/C22H27N3O3S.ClH/c1-14-7-8-19-20(15(14)2)23-22(29-19)25(10-9-24(3)4)21(26)16-11-17(27-5)13-18(12-16)28-6;/h7-8,11-13H,9-10H2,1-6H3;1H. The molecule has 0 aliphatic heterocycles. The fourth-order valence-corrected chi connectivity index (χ4v) is 4.05. The molecule has 0 saturated carbocycles. The highest BCUT2D eigenvalue weighted by Crippen LogP contribution is 2.33. The summed E-state index contributed by atoms with van der Waals surface area (Å²) >= 11 is 1.54. The van der Waals surface area contributed by atoms with E-state index in [4.69, 9.17) is 14.5 Å². The van der Waals surface area contributed by atoms with Crippen molar-refractivity contribution in [2.75, 3.05) is 46.3 Å². The van der Waals surface area contributed by atoms with Crippen LogP contribution in [0.25, 0.3) is 10.2 Å². The number of aryl methyl sites for hydroxylation is 2. The Bertz CT molecular complexity index is 1010. The fraction of sp³-hybridized carbons (Fsp3) is 0.364. The smallest absolute Gasteiger partial charge is 0.260 e. The predicted octanol–water partition coefficient (Wildman–Crippen LogP) is 4.56. The summed E-state index contributed by atoms with van der Waals surface area (Å²) in [4.78, 5) is 22.1. The van der Waals surface area contributed by atoms with Gasteiger partial charge in [0, 0.05) is 24.7 Å². The molecule has 3 rings (SSSR count). The molecule has 1 amide bonds. The second-order valence-corrected chi connectivity index (χ2v) is 8.22. The van der Waals surface area contributed by atoms with E-state index in [9.17, 15) is 4.79 Å². The van der Waals surface area contributed by atoms with Crippen molar-refractivity contribution in [1.82, 2.24) is 9.88 Å². The summed E-state index contributed by atoms with van der Waals surface area (Å²) in [6, 6.07) is 9.39. The van der Waals surface area contributed by atoms with Gasteiger partial charge >= 0.3 is 0 Å². The molecule has 0 fully saturated rings. The van der Waals surface area contributed by atoms with Gasteiger partial charge in [0.15, 0.2) is 5.13 Å². The molecule has 0 saturated heterocycles. The topological polar surface area (TPSA) is 54.9 Å². The molecular formula is C22H28ClN3O3S. The Morgan fingerprint density at radius 1 is 1.03 bits per heavy atom. The van der Waals surface area contributed by atoms with Crippen LogP contribution < -0.4 is 14.4 Å². The summed E-state index contributed by atoms with van der Waals surface area (Å²) in [5.74, 6) is 1.03. The number of halogens is 1. The SMILES string of the molecule is COc1cc(OC)cc(C(=O)N(CCN(C)C)c2nc3c(C)c(C)ccc3s2)c1.Cl. The van der Waals surface area contributed by atoms with Crippen molar-refractivity contribution in [3.63, 3.8) is 0 Å². The molecule has 2 aromatic carbocycles. The van der Waals surface area contributed by atoms with Gasteiger partial charge in [-0.25, -0.2) is 4.98 Å². The maximum absolute atomic E-state index is 13.5. The van der Waals surface area contributed by atoms with Gasteiger partial charge in [-0.05, 0) is 57.3 Å². The Kier molecular flexibility index (Phi) is 8.06. The van der Waals surface area contributed by atoms with E-state index in [1.165, 1.54) is 16.9 Å². The van der Waals surface area contributed by atoms with E-state index in [0.717, 1.165) is 22.3 Å². The van der Waals surface area contributed by atoms with Crippen molar-refractivity contribution >= 4 is 45.0 Å². The van der Waals surface area contributed by atoms with Crippen LogP contribution in [-0.4, -0.2) is 57.2 Å². The molecule has 1 aromatic heterocycles. The summed E-state index contributed by atoms with van der Waals surface area (Å²) in [5, 5.41) is 0.697. The maximum Gasteiger partial charge on any atom is 0.260 e. The van der Waals surface area contributed by atoms with Gasteiger partial charge in [-0.15, -0.1) is 12.4 Å². The zero-order valence-corrected chi connectivity index (χ0v) is 19.8. The molecule has 162 valence electrons. The number of amides is 1. The Morgan fingerprint density at radius 2 is 1.67 bits per heavy atom. The first kappa shape index (κ1) is 23.9. The van der Waals surface area contributed by atoms with E-state index >= 15 is 0 Å². The van der Waals surface area contributed by atoms with Crippen molar-refractivity contribution in [2.45, 2.75) is 13.8 Å². The van der Waals surface area contributed by atoms with Crippen molar-refractivity contribution in [3.05, 3.63) is 47.0 Å². The quantitative estimate of drug-likeness (QED) is 0.529. The Hall–Kier alpha value is -2.35. The van der Waals surface area contributed by atoms with E-state index in [1.807, 2.05) is 14.1 Å². The first-order valence-electron chi connectivity index (χ1n) is 9.40. The van der Waals surface area contributed by atoms with Crippen LogP contribution in [0.5, 0.6) is 11.5 Å². The summed E-state index contributed by atoms with van der Waals surface area (Å²) in [7, 11) is 7.13. The number of rotatable bonds is 7. The molecule has 0 unspecified atom stereocenters. The molecule has 0 aliphatic carbocycles. The normalized spacial score (nSPS) is 10.8. The molecule has 3 aromatic rings. The highest BCUT2D eigenvalue weighted by Gasteiger charge is 2.23. The van der Waals surface area contributed by atoms with Gasteiger partial charge < -0.3 is 14.4 Å². The van der Waals surface area contributed by atoms with Crippen molar-refractivity contribution in [1.29, 1.82) is 0 Å². The first-order chi connectivity index (χ1) is 13.8. The van der Waals surface area contributed by atoms with Crippen LogP contribution >= 0.6 is 23.7 Å². The lowest BCUT2D eigenvalue weighted by Crippen LogP contribution is -2.36. The minimum Gasteiger partial charge on any atom is -0.497 e. The third-order valence-electron chi connectivity index (χ3n) is 4.92. The average Bonchev–Trinajstić information content (AvgIpc) is 3.14. The zero-order valence-electron chi connectivity index (χ0n) is 18.2. The largest absolute Gasteiger partial charge is 0.497 e. The van der Waals surface area contributed by atoms with Gasteiger partial charge in [0.05, 0.1) is 24.4 Å². The van der Waals surface area contributed by atoms with Crippen LogP contribution in [0, 0.1) is 13.8 Å². The molecule has 0 spiro atoms. The number of thiazole rings is 1. The van der Waals surface area contributed by atoms with Crippen molar-refractivity contribution in [2.24, 2.45) is 0 Å². The van der Waals surface area contributed by atoms with Crippen LogP contribution in [-0.2, 0) is 0 Å². The molecule has 1 heterocycles. The molecule has 30 heavy (non-hydrogen) atoms. The molecule has 0 bridgehead atoms. The van der Waals surface area contributed by atoms with Crippen LogP contribution in [0.2, 0.25) is 0 Å². The lowest BCUT2D eigenvalue weighted by Gasteiger charge is -2.22. The third-order valence-corrected chi connectivity index (χ3v) is 5.96. The average molecular weight is 450 g/mol. The molecule has 0 atom stereocenters. The number of likely N-dealkylation sites (N-methyl/N-ethyl adjacent to an activating group) is 1. The molecule has 0 radical (unpaired) electrons. The molecule has 0 aliphatic rings. The molecular weight excluding hydrogens is 422 g/mol. The second-order valence-electron chi connectivity index (χ2n) is 7.21. The number of carbonyl (C=O) groups is 1. The minimum absolute atomic E-state index is 0. The highest BCUT2D eigenvalue weighted by atomic mass is 35.5. The maximum atomic E-state index is 13.5. The number of anilines is 1. The highest BCUT2D eigenvalue weighted by molar-refractivity contribution is 7.22. The number of hydrogen-bond donors (Lipinski definition) is 0. The molecule has 8 heteroatoms.